The van der Waals surface area contributed by atoms with Crippen LogP contribution in [0.15, 0.2) is 24.3 Å². The summed E-state index contributed by atoms with van der Waals surface area (Å²) in [6.07, 6.45) is 6.81. The van der Waals surface area contributed by atoms with Crippen molar-refractivity contribution in [3.05, 3.63) is 29.8 Å². The Bertz CT molecular complexity index is 499. The molecule has 0 fully saturated rings. The van der Waals surface area contributed by atoms with E-state index in [4.69, 9.17) is 4.74 Å². The average Bonchev–Trinajstić information content (AvgIpc) is 2.57. The van der Waals surface area contributed by atoms with E-state index in [0.717, 1.165) is 36.9 Å². The topological polar surface area (TPSA) is 38.3 Å². The molecule has 0 radical (unpaired) electrons. The second-order valence-electron chi connectivity index (χ2n) is 7.36. The normalized spacial score (nSPS) is 14.3. The van der Waals surface area contributed by atoms with Crippen LogP contribution in [0.25, 0.3) is 0 Å². The molecule has 0 bridgehead atoms. The lowest BCUT2D eigenvalue weighted by Gasteiger charge is -2.24. The third-order valence-corrected chi connectivity index (χ3v) is 6.13. The van der Waals surface area contributed by atoms with Gasteiger partial charge in [0, 0.05) is 11.4 Å². The van der Waals surface area contributed by atoms with Crippen LogP contribution < -0.4 is 9.46 Å². The molecule has 1 rings (SSSR count). The van der Waals surface area contributed by atoms with E-state index in [-0.39, 0.29) is 10.8 Å². The van der Waals surface area contributed by atoms with Crippen LogP contribution in [0.2, 0.25) is 0 Å². The summed E-state index contributed by atoms with van der Waals surface area (Å²) in [7, 11) is -1.07. The maximum Gasteiger partial charge on any atom is 0.119 e. The standard InChI is InChI=1S/C20H34BrNO2S/c1-5-10-19(22-25(23)20(2,3)4)17-11-13-18(14-12-17)24-16-9-7-6-8-15-21/h11-14,19,22H,5-10,15-16H2,1-4H3/t19-,25?/m0/s1. The van der Waals surface area contributed by atoms with Crippen LogP contribution in [0.3, 0.4) is 0 Å². The molecule has 144 valence electrons. The van der Waals surface area contributed by atoms with Gasteiger partial charge in [-0.2, -0.15) is 0 Å². The summed E-state index contributed by atoms with van der Waals surface area (Å²) in [5.41, 5.74) is 1.17. The van der Waals surface area contributed by atoms with Crippen molar-refractivity contribution < 1.29 is 8.95 Å². The summed E-state index contributed by atoms with van der Waals surface area (Å²) >= 11 is 3.45. The van der Waals surface area contributed by atoms with Crippen LogP contribution in [0.5, 0.6) is 5.75 Å². The molecule has 25 heavy (non-hydrogen) atoms. The van der Waals surface area contributed by atoms with E-state index in [1.807, 2.05) is 32.9 Å². The molecule has 5 heteroatoms. The molecule has 1 N–H and O–H groups in total. The monoisotopic (exact) mass is 431 g/mol. The molecule has 1 aromatic rings. The largest absolute Gasteiger partial charge is 0.494 e. The first-order valence-electron chi connectivity index (χ1n) is 9.35. The Morgan fingerprint density at radius 1 is 1.12 bits per heavy atom. The van der Waals surface area contributed by atoms with E-state index in [2.05, 4.69) is 39.7 Å². The molecule has 1 aromatic carbocycles. The van der Waals surface area contributed by atoms with Gasteiger partial charge < -0.3 is 4.74 Å². The van der Waals surface area contributed by atoms with Gasteiger partial charge in [-0.05, 0) is 57.7 Å². The molecule has 1 unspecified atom stereocenters. The third-order valence-electron chi connectivity index (χ3n) is 3.96. The van der Waals surface area contributed by atoms with E-state index >= 15 is 0 Å². The molecular weight excluding hydrogens is 398 g/mol. The number of hydrogen-bond donors (Lipinski definition) is 1. The minimum absolute atomic E-state index is 0.114. The highest BCUT2D eigenvalue weighted by atomic mass is 79.9. The molecular formula is C20H34BrNO2S. The van der Waals surface area contributed by atoms with Crippen molar-refractivity contribution in [2.75, 3.05) is 11.9 Å². The van der Waals surface area contributed by atoms with Gasteiger partial charge in [0.1, 0.15) is 5.75 Å². The molecule has 0 spiro atoms. The van der Waals surface area contributed by atoms with E-state index in [0.29, 0.717) is 0 Å². The molecule has 0 aliphatic rings. The zero-order valence-electron chi connectivity index (χ0n) is 16.1. The average molecular weight is 432 g/mol. The highest BCUT2D eigenvalue weighted by Crippen LogP contribution is 2.24. The Morgan fingerprint density at radius 3 is 2.32 bits per heavy atom. The predicted octanol–water partition coefficient (Wildman–Crippen LogP) is 5.91. The Hall–Kier alpha value is -0.390. The number of benzene rings is 1. The second-order valence-corrected chi connectivity index (χ2v) is 10.2. The summed E-state index contributed by atoms with van der Waals surface area (Å²) in [6, 6.07) is 8.35. The quantitative estimate of drug-likeness (QED) is 0.329. The predicted molar refractivity (Wildman–Crippen MR) is 113 cm³/mol. The van der Waals surface area contributed by atoms with E-state index in [1.165, 1.54) is 24.8 Å². The Balaban J connectivity index is 2.54. The fraction of sp³-hybridized carbons (Fsp3) is 0.700. The van der Waals surface area contributed by atoms with Crippen LogP contribution in [-0.4, -0.2) is 20.9 Å². The van der Waals surface area contributed by atoms with Crippen molar-refractivity contribution in [2.24, 2.45) is 0 Å². The molecule has 0 saturated heterocycles. The van der Waals surface area contributed by atoms with Gasteiger partial charge in [-0.1, -0.05) is 54.2 Å². The molecule has 0 aliphatic carbocycles. The lowest BCUT2D eigenvalue weighted by molar-refractivity contribution is 0.305. The van der Waals surface area contributed by atoms with Crippen LogP contribution in [-0.2, 0) is 11.0 Å². The van der Waals surface area contributed by atoms with E-state index < -0.39 is 11.0 Å². The first-order valence-corrected chi connectivity index (χ1v) is 11.6. The summed E-state index contributed by atoms with van der Waals surface area (Å²) in [5, 5.41) is 1.09. The summed E-state index contributed by atoms with van der Waals surface area (Å²) < 4.78 is 21.3. The molecule has 2 atom stereocenters. The van der Waals surface area contributed by atoms with Crippen LogP contribution in [0.4, 0.5) is 0 Å². The lowest BCUT2D eigenvalue weighted by Crippen LogP contribution is -2.35. The molecule has 0 heterocycles. The van der Waals surface area contributed by atoms with Crippen molar-refractivity contribution in [3.8, 4) is 5.75 Å². The van der Waals surface area contributed by atoms with Crippen LogP contribution in [0, 0.1) is 0 Å². The number of nitrogens with one attached hydrogen (secondary N) is 1. The Kier molecular flexibility index (Phi) is 10.9. The van der Waals surface area contributed by atoms with Gasteiger partial charge in [0.05, 0.1) is 22.3 Å². The van der Waals surface area contributed by atoms with Gasteiger partial charge >= 0.3 is 0 Å². The Labute approximate surface area is 165 Å². The Morgan fingerprint density at radius 2 is 1.76 bits per heavy atom. The van der Waals surface area contributed by atoms with Crippen molar-refractivity contribution in [1.82, 2.24) is 4.72 Å². The van der Waals surface area contributed by atoms with Crippen molar-refractivity contribution in [2.45, 2.75) is 77.0 Å². The number of unbranched alkanes of at least 4 members (excludes halogenated alkanes) is 3. The van der Waals surface area contributed by atoms with Crippen molar-refractivity contribution in [3.63, 3.8) is 0 Å². The fourth-order valence-electron chi connectivity index (χ4n) is 2.42. The lowest BCUT2D eigenvalue weighted by atomic mass is 10.0. The fourth-order valence-corrected chi connectivity index (χ4v) is 3.69. The van der Waals surface area contributed by atoms with Crippen LogP contribution >= 0.6 is 15.9 Å². The summed E-state index contributed by atoms with van der Waals surface area (Å²) in [6.45, 7) is 8.91. The first-order chi connectivity index (χ1) is 11.9. The molecule has 0 saturated carbocycles. The molecule has 0 amide bonds. The summed E-state index contributed by atoms with van der Waals surface area (Å²) in [4.78, 5) is 0. The van der Waals surface area contributed by atoms with Crippen LogP contribution in [0.1, 0.15) is 77.8 Å². The number of hydrogen-bond acceptors (Lipinski definition) is 2. The molecule has 3 nitrogen and oxygen atoms in total. The number of alkyl halides is 1. The SMILES string of the molecule is CCC[C@H](NS(=O)C(C)(C)C)c1ccc(OCCCCCCBr)cc1. The zero-order valence-corrected chi connectivity index (χ0v) is 18.5. The van der Waals surface area contributed by atoms with E-state index in [1.54, 1.807) is 0 Å². The maximum absolute atomic E-state index is 12.4. The van der Waals surface area contributed by atoms with Gasteiger partial charge in [-0.25, -0.2) is 8.93 Å². The second kappa shape index (κ2) is 12.1. The number of rotatable bonds is 12. The van der Waals surface area contributed by atoms with Gasteiger partial charge in [-0.3, -0.25) is 0 Å². The highest BCUT2D eigenvalue weighted by Gasteiger charge is 2.23. The van der Waals surface area contributed by atoms with Gasteiger partial charge in [0.25, 0.3) is 0 Å². The van der Waals surface area contributed by atoms with Gasteiger partial charge in [0.2, 0.25) is 0 Å². The minimum atomic E-state index is -1.07. The molecule has 0 aliphatic heterocycles. The molecule has 0 aromatic heterocycles. The van der Waals surface area contributed by atoms with E-state index in [9.17, 15) is 4.21 Å². The minimum Gasteiger partial charge on any atom is -0.494 e. The highest BCUT2D eigenvalue weighted by molar-refractivity contribution is 9.09. The first kappa shape index (κ1) is 22.7. The zero-order chi connectivity index (χ0) is 18.7. The van der Waals surface area contributed by atoms with Crippen molar-refractivity contribution in [1.29, 1.82) is 0 Å². The van der Waals surface area contributed by atoms with Crippen molar-refractivity contribution >= 4 is 26.9 Å². The third kappa shape index (κ3) is 9.20. The summed E-state index contributed by atoms with van der Waals surface area (Å²) in [5.74, 6) is 0.913. The maximum atomic E-state index is 12.4. The van der Waals surface area contributed by atoms with Gasteiger partial charge in [-0.15, -0.1) is 0 Å². The number of ether oxygens (including phenoxy) is 1. The number of halogens is 1. The smallest absolute Gasteiger partial charge is 0.119 e. The van der Waals surface area contributed by atoms with Gasteiger partial charge in [0.15, 0.2) is 0 Å².